The Bertz CT molecular complexity index is 352. The lowest BCUT2D eigenvalue weighted by atomic mass is 10.4. The van der Waals surface area contributed by atoms with Crippen molar-refractivity contribution < 1.29 is 10.0 Å². The predicted octanol–water partition coefficient (Wildman–Crippen LogP) is -0.872. The molecule has 1 amide bonds. The third kappa shape index (κ3) is 2.32. The first-order chi connectivity index (χ1) is 7.79. The predicted molar refractivity (Wildman–Crippen MR) is 54.4 cm³/mol. The molecule has 1 fully saturated rings. The molecule has 1 aromatic rings. The van der Waals surface area contributed by atoms with Gasteiger partial charge in [0.15, 0.2) is 0 Å². The number of carbonyl (C=O) groups excluding carboxylic acids is 1. The Labute approximate surface area is 92.6 Å². The molecule has 7 nitrogen and oxygen atoms in total. The molecule has 0 radical (unpaired) electrons. The van der Waals surface area contributed by atoms with E-state index in [1.165, 1.54) is 12.4 Å². The van der Waals surface area contributed by atoms with Crippen LogP contribution in [0.4, 0.5) is 0 Å². The van der Waals surface area contributed by atoms with Gasteiger partial charge < -0.3 is 5.32 Å². The summed E-state index contributed by atoms with van der Waals surface area (Å²) in [5.74, 6) is -0.619. The van der Waals surface area contributed by atoms with Gasteiger partial charge in [0.05, 0.1) is 0 Å². The van der Waals surface area contributed by atoms with Gasteiger partial charge in [0.1, 0.15) is 0 Å². The summed E-state index contributed by atoms with van der Waals surface area (Å²) >= 11 is 0. The van der Waals surface area contributed by atoms with E-state index in [-0.39, 0.29) is 5.82 Å². The first-order valence-corrected chi connectivity index (χ1v) is 5.05. The van der Waals surface area contributed by atoms with Crippen LogP contribution in [-0.2, 0) is 0 Å². The van der Waals surface area contributed by atoms with Crippen LogP contribution in [0.25, 0.3) is 0 Å². The number of piperazine rings is 1. The average molecular weight is 223 g/mol. The monoisotopic (exact) mass is 223 g/mol. The first kappa shape index (κ1) is 10.9. The van der Waals surface area contributed by atoms with E-state index in [1.807, 2.05) is 0 Å². The van der Waals surface area contributed by atoms with E-state index in [0.29, 0.717) is 18.3 Å². The van der Waals surface area contributed by atoms with Crippen LogP contribution in [0.1, 0.15) is 10.6 Å². The highest BCUT2D eigenvalue weighted by Gasteiger charge is 2.24. The van der Waals surface area contributed by atoms with Gasteiger partial charge in [-0.25, -0.2) is 9.97 Å². The van der Waals surface area contributed by atoms with Crippen molar-refractivity contribution >= 4 is 5.91 Å². The number of hydroxylamine groups is 1. The summed E-state index contributed by atoms with van der Waals surface area (Å²) < 4.78 is 0. The van der Waals surface area contributed by atoms with E-state index < -0.39 is 5.91 Å². The van der Waals surface area contributed by atoms with Gasteiger partial charge in [-0.15, -0.1) is 5.17 Å². The summed E-state index contributed by atoms with van der Waals surface area (Å²) in [5.41, 5.74) is 0. The quantitative estimate of drug-likeness (QED) is 0.501. The second-order valence-corrected chi connectivity index (χ2v) is 3.37. The maximum atomic E-state index is 11.7. The van der Waals surface area contributed by atoms with Gasteiger partial charge in [-0.05, 0) is 6.07 Å². The smallest absolute Gasteiger partial charge is 0.314 e. The Kier molecular flexibility index (Phi) is 3.40. The molecule has 0 bridgehead atoms. The number of carbonyl (C=O) groups is 1. The van der Waals surface area contributed by atoms with Gasteiger partial charge in [0.25, 0.3) is 0 Å². The van der Waals surface area contributed by atoms with Gasteiger partial charge >= 0.3 is 5.91 Å². The van der Waals surface area contributed by atoms with Crippen molar-refractivity contribution in [3.8, 4) is 0 Å². The molecular weight excluding hydrogens is 210 g/mol. The molecule has 0 aromatic carbocycles. The third-order valence-corrected chi connectivity index (χ3v) is 2.30. The Hall–Kier alpha value is -1.57. The SMILES string of the molecule is O=C(c1ncccn1)N(O)N1CCNCC1. The van der Waals surface area contributed by atoms with Crippen molar-refractivity contribution in [3.63, 3.8) is 0 Å². The minimum absolute atomic E-state index is 0.0106. The minimum Gasteiger partial charge on any atom is -0.314 e. The lowest BCUT2D eigenvalue weighted by Crippen LogP contribution is -2.53. The number of hydrogen-bond acceptors (Lipinski definition) is 6. The standard InChI is InChI=1S/C9H13N5O2/c15-9(8-11-2-1-3-12-8)14(16)13-6-4-10-5-7-13/h1-3,10,16H,4-7H2. The second kappa shape index (κ2) is 4.97. The number of aromatic nitrogens is 2. The van der Waals surface area contributed by atoms with E-state index in [2.05, 4.69) is 15.3 Å². The summed E-state index contributed by atoms with van der Waals surface area (Å²) in [4.78, 5) is 19.3. The van der Waals surface area contributed by atoms with E-state index >= 15 is 0 Å². The topological polar surface area (TPSA) is 81.6 Å². The van der Waals surface area contributed by atoms with E-state index in [9.17, 15) is 10.0 Å². The number of nitrogens with one attached hydrogen (secondary N) is 1. The molecule has 0 aliphatic carbocycles. The van der Waals surface area contributed by atoms with Crippen molar-refractivity contribution in [2.75, 3.05) is 26.2 Å². The van der Waals surface area contributed by atoms with Gasteiger partial charge in [0, 0.05) is 38.6 Å². The van der Waals surface area contributed by atoms with Gasteiger partial charge in [0.2, 0.25) is 5.82 Å². The van der Waals surface area contributed by atoms with Crippen LogP contribution < -0.4 is 5.32 Å². The highest BCUT2D eigenvalue weighted by atomic mass is 16.6. The van der Waals surface area contributed by atoms with Crippen molar-refractivity contribution in [1.82, 2.24) is 25.5 Å². The zero-order valence-electron chi connectivity index (χ0n) is 8.70. The van der Waals surface area contributed by atoms with Crippen molar-refractivity contribution in [1.29, 1.82) is 0 Å². The number of amides is 1. The van der Waals surface area contributed by atoms with Crippen LogP contribution in [0.2, 0.25) is 0 Å². The number of hydrogen-bond donors (Lipinski definition) is 2. The Morgan fingerprint density at radius 3 is 2.62 bits per heavy atom. The molecule has 2 rings (SSSR count). The van der Waals surface area contributed by atoms with Crippen molar-refractivity contribution in [2.24, 2.45) is 0 Å². The van der Waals surface area contributed by atoms with Crippen LogP contribution in [-0.4, -0.2) is 57.4 Å². The molecule has 1 aliphatic rings. The van der Waals surface area contributed by atoms with Crippen molar-refractivity contribution in [2.45, 2.75) is 0 Å². The summed E-state index contributed by atoms with van der Waals surface area (Å²) in [6, 6.07) is 1.61. The molecule has 1 saturated heterocycles. The summed E-state index contributed by atoms with van der Waals surface area (Å²) in [7, 11) is 0. The maximum Gasteiger partial charge on any atom is 0.330 e. The maximum absolute atomic E-state index is 11.7. The van der Waals surface area contributed by atoms with Crippen LogP contribution in [0.15, 0.2) is 18.5 Å². The zero-order valence-corrected chi connectivity index (χ0v) is 8.70. The minimum atomic E-state index is -0.609. The fraction of sp³-hybridized carbons (Fsp3) is 0.444. The number of rotatable bonds is 2. The normalized spacial score (nSPS) is 17.1. The van der Waals surface area contributed by atoms with Gasteiger partial charge in [-0.1, -0.05) is 0 Å². The molecular formula is C9H13N5O2. The molecule has 2 N–H and O–H groups in total. The Morgan fingerprint density at radius 2 is 2.00 bits per heavy atom. The fourth-order valence-electron chi connectivity index (χ4n) is 1.47. The molecule has 0 unspecified atom stereocenters. The van der Waals surface area contributed by atoms with Crippen LogP contribution >= 0.6 is 0 Å². The lowest BCUT2D eigenvalue weighted by molar-refractivity contribution is -0.205. The van der Waals surface area contributed by atoms with Crippen LogP contribution in [0, 0.1) is 0 Å². The zero-order chi connectivity index (χ0) is 11.4. The molecule has 0 atom stereocenters. The molecule has 0 saturated carbocycles. The average Bonchev–Trinajstić information content (AvgIpc) is 2.39. The summed E-state index contributed by atoms with van der Waals surface area (Å²) in [5, 5.41) is 15.0. The van der Waals surface area contributed by atoms with E-state index in [1.54, 1.807) is 11.1 Å². The molecule has 7 heteroatoms. The largest absolute Gasteiger partial charge is 0.330 e. The van der Waals surface area contributed by atoms with Crippen LogP contribution in [0.3, 0.4) is 0 Å². The van der Waals surface area contributed by atoms with Gasteiger partial charge in [-0.2, -0.15) is 5.01 Å². The Morgan fingerprint density at radius 1 is 1.38 bits per heavy atom. The molecule has 86 valence electrons. The van der Waals surface area contributed by atoms with Gasteiger partial charge in [-0.3, -0.25) is 10.0 Å². The molecule has 2 heterocycles. The fourth-order valence-corrected chi connectivity index (χ4v) is 1.47. The number of hydrazine groups is 1. The number of nitrogens with zero attached hydrogens (tertiary/aromatic N) is 4. The first-order valence-electron chi connectivity index (χ1n) is 5.05. The summed E-state index contributed by atoms with van der Waals surface area (Å²) in [6.07, 6.45) is 2.93. The van der Waals surface area contributed by atoms with E-state index in [0.717, 1.165) is 13.1 Å². The van der Waals surface area contributed by atoms with E-state index in [4.69, 9.17) is 0 Å². The van der Waals surface area contributed by atoms with Crippen molar-refractivity contribution in [3.05, 3.63) is 24.3 Å². The summed E-state index contributed by atoms with van der Waals surface area (Å²) in [6.45, 7) is 2.63. The molecule has 1 aromatic heterocycles. The molecule has 1 aliphatic heterocycles. The third-order valence-electron chi connectivity index (χ3n) is 2.30. The Balaban J connectivity index is 2.04. The molecule has 0 spiro atoms. The highest BCUT2D eigenvalue weighted by molar-refractivity contribution is 5.89. The highest BCUT2D eigenvalue weighted by Crippen LogP contribution is 2.01. The van der Waals surface area contributed by atoms with Crippen LogP contribution in [0.5, 0.6) is 0 Å². The lowest BCUT2D eigenvalue weighted by Gasteiger charge is -2.32. The second-order valence-electron chi connectivity index (χ2n) is 3.37. The molecule has 16 heavy (non-hydrogen) atoms.